The van der Waals surface area contributed by atoms with Crippen LogP contribution in [0.5, 0.6) is 0 Å². The number of carbonyl (C=O) groups excluding carboxylic acids is 1. The number of nitrogens with one attached hydrogen (secondary N) is 1. The molecule has 0 bridgehead atoms. The number of benzene rings is 1. The minimum atomic E-state index is 0.133. The monoisotopic (exact) mass is 160 g/mol. The van der Waals surface area contributed by atoms with E-state index >= 15 is 0 Å². The summed E-state index contributed by atoms with van der Waals surface area (Å²) in [7, 11) is 0. The molecular weight excluding hydrogens is 150 g/mol. The van der Waals surface area contributed by atoms with E-state index in [4.69, 9.17) is 0 Å². The molecule has 12 heavy (non-hydrogen) atoms. The largest absolute Gasteiger partial charge is 0.355 e. The lowest BCUT2D eigenvalue weighted by Gasteiger charge is -2.04. The zero-order chi connectivity index (χ0) is 8.39. The van der Waals surface area contributed by atoms with Crippen LogP contribution < -0.4 is 5.32 Å². The van der Waals surface area contributed by atoms with Gasteiger partial charge in [0.05, 0.1) is 0 Å². The molecule has 61 valence electrons. The van der Waals surface area contributed by atoms with E-state index in [1.807, 2.05) is 30.3 Å². The Balaban J connectivity index is 2.16. The first-order chi connectivity index (χ1) is 5.86. The van der Waals surface area contributed by atoms with Crippen molar-refractivity contribution in [3.8, 4) is 0 Å². The summed E-state index contributed by atoms with van der Waals surface area (Å²) in [6.07, 6.45) is 0.560. The fourth-order valence-corrected chi connectivity index (χ4v) is 1.40. The van der Waals surface area contributed by atoms with Crippen LogP contribution in [0.4, 0.5) is 0 Å². The van der Waals surface area contributed by atoms with Crippen LogP contribution in [0.25, 0.3) is 0 Å². The van der Waals surface area contributed by atoms with Crippen molar-refractivity contribution in [3.63, 3.8) is 0 Å². The average molecular weight is 160 g/mol. The lowest BCUT2D eigenvalue weighted by Crippen LogP contribution is -2.13. The minimum absolute atomic E-state index is 0.133. The summed E-state index contributed by atoms with van der Waals surface area (Å²) in [6.45, 7) is 0.711. The maximum Gasteiger partial charge on any atom is 0.221 e. The predicted octanol–water partition coefficient (Wildman–Crippen LogP) is 1.13. The van der Waals surface area contributed by atoms with Gasteiger partial charge in [0.1, 0.15) is 0 Å². The highest BCUT2D eigenvalue weighted by Gasteiger charge is 2.22. The molecule has 1 fully saturated rings. The van der Waals surface area contributed by atoms with Crippen LogP contribution in [0.2, 0.25) is 0 Å². The number of hydrogen-bond acceptors (Lipinski definition) is 1. The van der Waals surface area contributed by atoms with Crippen LogP contribution in [-0.2, 0) is 4.79 Å². The van der Waals surface area contributed by atoms with E-state index < -0.39 is 0 Å². The summed E-state index contributed by atoms with van der Waals surface area (Å²) in [4.78, 5) is 10.9. The molecule has 1 heterocycles. The van der Waals surface area contributed by atoms with Crippen LogP contribution in [0.3, 0.4) is 0 Å². The molecule has 1 N–H and O–H groups in total. The molecule has 1 aliphatic rings. The third-order valence-electron chi connectivity index (χ3n) is 2.05. The smallest absolute Gasteiger partial charge is 0.221 e. The summed E-state index contributed by atoms with van der Waals surface area (Å²) >= 11 is 0. The van der Waals surface area contributed by atoms with Gasteiger partial charge in [-0.1, -0.05) is 30.3 Å². The van der Waals surface area contributed by atoms with Crippen LogP contribution >= 0.6 is 0 Å². The van der Waals surface area contributed by atoms with Gasteiger partial charge in [-0.15, -0.1) is 0 Å². The molecule has 1 aliphatic heterocycles. The topological polar surface area (TPSA) is 29.1 Å². The van der Waals surface area contributed by atoms with Gasteiger partial charge in [0.25, 0.3) is 0 Å². The molecule has 0 atom stereocenters. The fraction of sp³-hybridized carbons (Fsp3) is 0.200. The van der Waals surface area contributed by atoms with Gasteiger partial charge in [-0.2, -0.15) is 0 Å². The number of carbonyl (C=O) groups is 1. The second-order valence-electron chi connectivity index (χ2n) is 2.92. The Morgan fingerprint density at radius 2 is 1.92 bits per heavy atom. The number of hydrogen-bond donors (Lipinski definition) is 1. The van der Waals surface area contributed by atoms with Crippen molar-refractivity contribution in [1.82, 2.24) is 5.32 Å². The molecule has 1 saturated heterocycles. The summed E-state index contributed by atoms with van der Waals surface area (Å²) in [5, 5.41) is 2.79. The van der Waals surface area contributed by atoms with Crippen LogP contribution in [-0.4, -0.2) is 12.5 Å². The molecule has 0 aromatic heterocycles. The zero-order valence-corrected chi connectivity index (χ0v) is 6.71. The Morgan fingerprint density at radius 1 is 1.17 bits per heavy atom. The van der Waals surface area contributed by atoms with E-state index in [0.29, 0.717) is 13.0 Å². The Hall–Kier alpha value is -1.31. The number of amides is 1. The van der Waals surface area contributed by atoms with E-state index in [2.05, 4.69) is 5.32 Å². The van der Waals surface area contributed by atoms with E-state index in [1.54, 1.807) is 0 Å². The van der Waals surface area contributed by atoms with Gasteiger partial charge >= 0.3 is 0 Å². The van der Waals surface area contributed by atoms with Crippen LogP contribution in [0.15, 0.2) is 30.3 Å². The van der Waals surface area contributed by atoms with E-state index in [-0.39, 0.29) is 5.91 Å². The van der Waals surface area contributed by atoms with E-state index in [0.717, 1.165) is 0 Å². The quantitative estimate of drug-likeness (QED) is 0.655. The molecule has 2 heteroatoms. The summed E-state index contributed by atoms with van der Waals surface area (Å²) < 4.78 is 0. The predicted molar refractivity (Wildman–Crippen MR) is 46.4 cm³/mol. The zero-order valence-electron chi connectivity index (χ0n) is 6.71. The van der Waals surface area contributed by atoms with Gasteiger partial charge in [-0.05, 0) is 5.56 Å². The molecule has 0 unspecified atom stereocenters. The molecule has 1 radical (unpaired) electrons. The van der Waals surface area contributed by atoms with Crippen molar-refractivity contribution in [2.75, 3.05) is 6.54 Å². The normalized spacial score (nSPS) is 17.8. The van der Waals surface area contributed by atoms with E-state index in [1.165, 1.54) is 11.5 Å². The van der Waals surface area contributed by atoms with Crippen molar-refractivity contribution in [3.05, 3.63) is 41.8 Å². The Morgan fingerprint density at radius 3 is 2.50 bits per heavy atom. The molecule has 1 aromatic carbocycles. The van der Waals surface area contributed by atoms with Gasteiger partial charge in [-0.25, -0.2) is 0 Å². The first kappa shape index (κ1) is 7.35. The van der Waals surface area contributed by atoms with Crippen LogP contribution in [0.1, 0.15) is 12.0 Å². The third kappa shape index (κ3) is 1.33. The van der Waals surface area contributed by atoms with Crippen molar-refractivity contribution in [2.24, 2.45) is 0 Å². The Bertz CT molecular complexity index is 281. The lowest BCUT2D eigenvalue weighted by molar-refractivity contribution is -0.118. The molecule has 1 amide bonds. The second-order valence-corrected chi connectivity index (χ2v) is 2.92. The second kappa shape index (κ2) is 2.97. The maximum absolute atomic E-state index is 10.9. The van der Waals surface area contributed by atoms with Crippen molar-refractivity contribution >= 4 is 5.91 Å². The first-order valence-corrected chi connectivity index (χ1v) is 4.03. The van der Waals surface area contributed by atoms with Gasteiger partial charge in [0.2, 0.25) is 5.91 Å². The van der Waals surface area contributed by atoms with Crippen LogP contribution in [0, 0.1) is 5.92 Å². The molecular formula is C10H10NO. The Kier molecular flexibility index (Phi) is 1.82. The minimum Gasteiger partial charge on any atom is -0.355 e. The fourth-order valence-electron chi connectivity index (χ4n) is 1.40. The van der Waals surface area contributed by atoms with Crippen molar-refractivity contribution in [1.29, 1.82) is 0 Å². The third-order valence-corrected chi connectivity index (χ3v) is 2.05. The van der Waals surface area contributed by atoms with E-state index in [9.17, 15) is 4.79 Å². The van der Waals surface area contributed by atoms with Gasteiger partial charge in [0, 0.05) is 18.9 Å². The maximum atomic E-state index is 10.9. The van der Waals surface area contributed by atoms with Crippen molar-refractivity contribution < 1.29 is 4.79 Å². The average Bonchev–Trinajstić information content (AvgIpc) is 2.54. The standard InChI is InChI=1S/C10H10NO/c12-10-6-9(7-11-10)8-4-2-1-3-5-8/h1-5H,6-7H2,(H,11,12). The SMILES string of the molecule is O=C1C[C](c2ccccc2)CN1. The summed E-state index contributed by atoms with van der Waals surface area (Å²) in [6, 6.07) is 10.0. The molecule has 0 spiro atoms. The summed E-state index contributed by atoms with van der Waals surface area (Å²) in [5.41, 5.74) is 1.18. The highest BCUT2D eigenvalue weighted by Crippen LogP contribution is 2.20. The molecule has 0 saturated carbocycles. The molecule has 1 aromatic rings. The highest BCUT2D eigenvalue weighted by molar-refractivity contribution is 5.82. The first-order valence-electron chi connectivity index (χ1n) is 4.03. The number of rotatable bonds is 1. The van der Waals surface area contributed by atoms with Gasteiger partial charge in [0.15, 0.2) is 0 Å². The molecule has 2 rings (SSSR count). The van der Waals surface area contributed by atoms with Gasteiger partial charge in [-0.3, -0.25) is 4.79 Å². The molecule has 2 nitrogen and oxygen atoms in total. The highest BCUT2D eigenvalue weighted by atomic mass is 16.1. The Labute approximate surface area is 71.6 Å². The van der Waals surface area contributed by atoms with Crippen molar-refractivity contribution in [2.45, 2.75) is 6.42 Å². The lowest BCUT2D eigenvalue weighted by atomic mass is 9.99. The molecule has 0 aliphatic carbocycles. The van der Waals surface area contributed by atoms with Gasteiger partial charge < -0.3 is 5.32 Å². The summed E-state index contributed by atoms with van der Waals surface area (Å²) in [5.74, 6) is 1.33.